The molecule has 3 rings (SSSR count). The van der Waals surface area contributed by atoms with Gasteiger partial charge in [-0.15, -0.1) is 0 Å². The smallest absolute Gasteiger partial charge is 0.260 e. The summed E-state index contributed by atoms with van der Waals surface area (Å²) < 4.78 is 5.52. The summed E-state index contributed by atoms with van der Waals surface area (Å²) in [6.07, 6.45) is 2.74. The summed E-state index contributed by atoms with van der Waals surface area (Å²) >= 11 is 6.04. The number of halogens is 1. The van der Waals surface area contributed by atoms with Crippen molar-refractivity contribution in [2.75, 3.05) is 19.7 Å². The third kappa shape index (κ3) is 5.99. The number of ether oxygens (including phenoxy) is 1. The van der Waals surface area contributed by atoms with Crippen LogP contribution >= 0.6 is 11.6 Å². The lowest BCUT2D eigenvalue weighted by Gasteiger charge is -2.32. The van der Waals surface area contributed by atoms with Gasteiger partial charge in [-0.3, -0.25) is 9.59 Å². The predicted molar refractivity (Wildman–Crippen MR) is 109 cm³/mol. The highest BCUT2D eigenvalue weighted by atomic mass is 35.5. The zero-order valence-electron chi connectivity index (χ0n) is 15.8. The Bertz CT molecular complexity index is 789. The number of amides is 2. The molecule has 0 aromatic heterocycles. The molecule has 0 radical (unpaired) electrons. The number of benzene rings is 2. The molecule has 148 valence electrons. The van der Waals surface area contributed by atoms with Gasteiger partial charge >= 0.3 is 0 Å². The fourth-order valence-corrected chi connectivity index (χ4v) is 3.46. The molecule has 28 heavy (non-hydrogen) atoms. The lowest BCUT2D eigenvalue weighted by molar-refractivity contribution is -0.134. The van der Waals surface area contributed by atoms with Crippen molar-refractivity contribution in [2.24, 2.45) is 0 Å². The largest absolute Gasteiger partial charge is 0.482 e. The van der Waals surface area contributed by atoms with Crippen LogP contribution in [0.2, 0.25) is 5.02 Å². The quantitative estimate of drug-likeness (QED) is 0.774. The molecule has 1 fully saturated rings. The van der Waals surface area contributed by atoms with E-state index < -0.39 is 0 Å². The molecule has 1 heterocycles. The third-order valence-corrected chi connectivity index (χ3v) is 5.20. The second kappa shape index (κ2) is 10.1. The number of nitrogens with zero attached hydrogens (tertiary/aromatic N) is 1. The Balaban J connectivity index is 1.36. The summed E-state index contributed by atoms with van der Waals surface area (Å²) in [5.41, 5.74) is 1.16. The highest BCUT2D eigenvalue weighted by Crippen LogP contribution is 2.23. The molecule has 6 heteroatoms. The van der Waals surface area contributed by atoms with E-state index >= 15 is 0 Å². The maximum Gasteiger partial charge on any atom is 0.260 e. The van der Waals surface area contributed by atoms with Gasteiger partial charge in [0.05, 0.1) is 5.02 Å². The Hall–Kier alpha value is -2.53. The van der Waals surface area contributed by atoms with Crippen LogP contribution < -0.4 is 10.1 Å². The molecular formula is C22H25ClN2O3. The summed E-state index contributed by atoms with van der Waals surface area (Å²) in [6.45, 7) is 1.21. The van der Waals surface area contributed by atoms with Gasteiger partial charge in [-0.2, -0.15) is 0 Å². The molecule has 0 unspecified atom stereocenters. The average molecular weight is 401 g/mol. The van der Waals surface area contributed by atoms with Crippen molar-refractivity contribution in [3.63, 3.8) is 0 Å². The van der Waals surface area contributed by atoms with Gasteiger partial charge in [0.15, 0.2) is 6.61 Å². The van der Waals surface area contributed by atoms with Crippen LogP contribution in [-0.4, -0.2) is 42.5 Å². The minimum absolute atomic E-state index is 0.0299. The molecule has 0 aliphatic carbocycles. The molecule has 5 nitrogen and oxygen atoms in total. The number of carbonyl (C=O) groups excluding carboxylic acids is 2. The van der Waals surface area contributed by atoms with Crippen LogP contribution in [-0.2, 0) is 16.0 Å². The number of carbonyl (C=O) groups is 2. The van der Waals surface area contributed by atoms with Crippen LogP contribution in [0.3, 0.4) is 0 Å². The summed E-state index contributed by atoms with van der Waals surface area (Å²) in [7, 11) is 0. The molecule has 0 spiro atoms. The fourth-order valence-electron chi connectivity index (χ4n) is 3.27. The Morgan fingerprint density at radius 1 is 1.04 bits per heavy atom. The monoisotopic (exact) mass is 400 g/mol. The number of aryl methyl sites for hydroxylation is 1. The van der Waals surface area contributed by atoms with Crippen molar-refractivity contribution in [1.29, 1.82) is 0 Å². The Kier molecular flexibility index (Phi) is 7.31. The Morgan fingerprint density at radius 2 is 1.71 bits per heavy atom. The van der Waals surface area contributed by atoms with Gasteiger partial charge in [0.25, 0.3) is 5.91 Å². The molecule has 1 aliphatic heterocycles. The second-order valence-corrected chi connectivity index (χ2v) is 7.33. The van der Waals surface area contributed by atoms with Crippen LogP contribution in [0, 0.1) is 0 Å². The first-order valence-corrected chi connectivity index (χ1v) is 9.98. The van der Waals surface area contributed by atoms with Crippen molar-refractivity contribution >= 4 is 23.4 Å². The van der Waals surface area contributed by atoms with Crippen LogP contribution in [0.4, 0.5) is 0 Å². The van der Waals surface area contributed by atoms with Crippen molar-refractivity contribution < 1.29 is 14.3 Å². The second-order valence-electron chi connectivity index (χ2n) is 6.93. The highest BCUT2D eigenvalue weighted by molar-refractivity contribution is 6.32. The number of hydrogen-bond donors (Lipinski definition) is 1. The number of hydrogen-bond acceptors (Lipinski definition) is 3. The minimum Gasteiger partial charge on any atom is -0.482 e. The van der Waals surface area contributed by atoms with E-state index in [0.29, 0.717) is 30.3 Å². The molecule has 0 bridgehead atoms. The van der Waals surface area contributed by atoms with E-state index in [2.05, 4.69) is 5.32 Å². The fraction of sp³-hybridized carbons (Fsp3) is 0.364. The SMILES string of the molecule is O=C(CCc1ccccc1)NC1CCN(C(=O)COc2ccccc2Cl)CC1. The van der Waals surface area contributed by atoms with Gasteiger partial charge in [0.1, 0.15) is 5.75 Å². The molecule has 1 aliphatic rings. The van der Waals surface area contributed by atoms with Crippen LogP contribution in [0.25, 0.3) is 0 Å². The summed E-state index contributed by atoms with van der Waals surface area (Å²) in [5.74, 6) is 0.516. The van der Waals surface area contributed by atoms with Crippen LogP contribution in [0.5, 0.6) is 5.75 Å². The number of rotatable bonds is 7. The van der Waals surface area contributed by atoms with Crippen molar-refractivity contribution in [2.45, 2.75) is 31.7 Å². The number of para-hydroxylation sites is 1. The first kappa shape index (κ1) is 20.2. The van der Waals surface area contributed by atoms with E-state index in [9.17, 15) is 9.59 Å². The van der Waals surface area contributed by atoms with E-state index in [1.807, 2.05) is 42.5 Å². The number of piperidine rings is 1. The molecule has 2 amide bonds. The van der Waals surface area contributed by atoms with Gasteiger partial charge < -0.3 is 15.0 Å². The number of likely N-dealkylation sites (tertiary alicyclic amines) is 1. The standard InChI is InChI=1S/C22H25ClN2O3/c23-19-8-4-5-9-20(19)28-16-22(27)25-14-12-18(13-15-25)24-21(26)11-10-17-6-2-1-3-7-17/h1-9,18H,10-16H2,(H,24,26). The molecule has 0 saturated carbocycles. The Morgan fingerprint density at radius 3 is 2.43 bits per heavy atom. The maximum atomic E-state index is 12.3. The normalized spacial score (nSPS) is 14.5. The summed E-state index contributed by atoms with van der Waals surface area (Å²) in [6, 6.07) is 17.2. The lowest BCUT2D eigenvalue weighted by atomic mass is 10.0. The zero-order valence-corrected chi connectivity index (χ0v) is 16.5. The van der Waals surface area contributed by atoms with Crippen molar-refractivity contribution in [1.82, 2.24) is 10.2 Å². The van der Waals surface area contributed by atoms with E-state index in [1.165, 1.54) is 0 Å². The topological polar surface area (TPSA) is 58.6 Å². The molecule has 2 aromatic rings. The molecular weight excluding hydrogens is 376 g/mol. The van der Waals surface area contributed by atoms with Gasteiger partial charge in [0.2, 0.25) is 5.91 Å². The summed E-state index contributed by atoms with van der Waals surface area (Å²) in [5, 5.41) is 3.58. The Labute approximate surface area is 170 Å². The maximum absolute atomic E-state index is 12.3. The summed E-state index contributed by atoms with van der Waals surface area (Å²) in [4.78, 5) is 26.3. The van der Waals surface area contributed by atoms with E-state index in [1.54, 1.807) is 17.0 Å². The first-order chi connectivity index (χ1) is 13.6. The van der Waals surface area contributed by atoms with Gasteiger partial charge in [-0.1, -0.05) is 54.1 Å². The van der Waals surface area contributed by atoms with Gasteiger partial charge in [0, 0.05) is 25.6 Å². The van der Waals surface area contributed by atoms with Crippen LogP contribution in [0.15, 0.2) is 54.6 Å². The lowest BCUT2D eigenvalue weighted by Crippen LogP contribution is -2.47. The number of nitrogens with one attached hydrogen (secondary N) is 1. The van der Waals surface area contributed by atoms with Gasteiger partial charge in [-0.05, 0) is 37.0 Å². The molecule has 0 atom stereocenters. The highest BCUT2D eigenvalue weighted by Gasteiger charge is 2.24. The van der Waals surface area contributed by atoms with Crippen molar-refractivity contribution in [3.8, 4) is 5.75 Å². The van der Waals surface area contributed by atoms with Crippen molar-refractivity contribution in [3.05, 3.63) is 65.2 Å². The molecule has 2 aromatic carbocycles. The minimum atomic E-state index is -0.0613. The van der Waals surface area contributed by atoms with E-state index in [-0.39, 0.29) is 24.5 Å². The molecule has 1 N–H and O–H groups in total. The third-order valence-electron chi connectivity index (χ3n) is 4.88. The van der Waals surface area contributed by atoms with E-state index in [4.69, 9.17) is 16.3 Å². The zero-order chi connectivity index (χ0) is 19.8. The van der Waals surface area contributed by atoms with Gasteiger partial charge in [-0.25, -0.2) is 0 Å². The van der Waals surface area contributed by atoms with E-state index in [0.717, 1.165) is 24.8 Å². The molecule has 1 saturated heterocycles. The predicted octanol–water partition coefficient (Wildman–Crippen LogP) is 3.46. The van der Waals surface area contributed by atoms with Crippen LogP contribution in [0.1, 0.15) is 24.8 Å². The average Bonchev–Trinajstić information content (AvgIpc) is 2.73. The first-order valence-electron chi connectivity index (χ1n) is 9.60.